The van der Waals surface area contributed by atoms with Crippen LogP contribution in [-0.4, -0.2) is 98.1 Å². The van der Waals surface area contributed by atoms with Crippen molar-refractivity contribution >= 4 is 19.7 Å². The van der Waals surface area contributed by atoms with Crippen molar-refractivity contribution in [2.45, 2.75) is 16.2 Å². The number of rotatable bonds is 8. The Hall–Kier alpha value is -1.40. The maximum Gasteiger partial charge on any atom is 0.183 e. The van der Waals surface area contributed by atoms with Crippen LogP contribution in [0.15, 0.2) is 23.1 Å². The van der Waals surface area contributed by atoms with Gasteiger partial charge in [-0.25, -0.2) is 16.8 Å². The van der Waals surface area contributed by atoms with E-state index >= 15 is 0 Å². The fourth-order valence-corrected chi connectivity index (χ4v) is 8.44. The Bertz CT molecular complexity index is 912. The average Bonchev–Trinajstić information content (AvgIpc) is 3.03. The van der Waals surface area contributed by atoms with E-state index in [4.69, 9.17) is 14.2 Å². The van der Waals surface area contributed by atoms with Gasteiger partial charge in [-0.2, -0.15) is 0 Å². The quantitative estimate of drug-likeness (QED) is 0.566. The zero-order valence-corrected chi connectivity index (χ0v) is 18.3. The molecular formula is C18H28N2O7S2. The molecule has 2 aliphatic heterocycles. The van der Waals surface area contributed by atoms with E-state index in [9.17, 15) is 16.8 Å². The summed E-state index contributed by atoms with van der Waals surface area (Å²) in [6.07, 6.45) is 0. The predicted octanol–water partition coefficient (Wildman–Crippen LogP) is -0.435. The number of hydrogen-bond donors (Lipinski definition) is 1. The van der Waals surface area contributed by atoms with Crippen LogP contribution in [0.1, 0.15) is 0 Å². The molecule has 2 heterocycles. The highest BCUT2D eigenvalue weighted by Crippen LogP contribution is 2.33. The molecule has 0 radical (unpaired) electrons. The third-order valence-electron chi connectivity index (χ3n) is 5.32. The molecule has 1 N–H and O–H groups in total. The molecule has 29 heavy (non-hydrogen) atoms. The molecule has 0 aliphatic carbocycles. The lowest BCUT2D eigenvalue weighted by molar-refractivity contribution is 0.0382. The number of methoxy groups -OCH3 is 2. The molecule has 2 fully saturated rings. The largest absolute Gasteiger partial charge is 0.493 e. The van der Waals surface area contributed by atoms with Crippen LogP contribution in [-0.2, 0) is 24.4 Å². The Morgan fingerprint density at radius 3 is 2.48 bits per heavy atom. The summed E-state index contributed by atoms with van der Waals surface area (Å²) in [5.74, 6) is 0.114. The number of nitrogens with zero attached hydrogens (tertiary/aromatic N) is 1. The Morgan fingerprint density at radius 1 is 1.14 bits per heavy atom. The second-order valence-electron chi connectivity index (χ2n) is 7.19. The van der Waals surface area contributed by atoms with Gasteiger partial charge in [0.15, 0.2) is 31.2 Å². The van der Waals surface area contributed by atoms with Crippen molar-refractivity contribution in [3.63, 3.8) is 0 Å². The Labute approximate surface area is 172 Å². The minimum atomic E-state index is -3.88. The molecule has 0 bridgehead atoms. The average molecular weight is 449 g/mol. The molecule has 3 rings (SSSR count). The highest BCUT2D eigenvalue weighted by molar-refractivity contribution is 7.96. The van der Waals surface area contributed by atoms with Gasteiger partial charge in [-0.05, 0) is 12.1 Å². The first-order valence-corrected chi connectivity index (χ1v) is 12.8. The van der Waals surface area contributed by atoms with Crippen LogP contribution in [0.3, 0.4) is 0 Å². The summed E-state index contributed by atoms with van der Waals surface area (Å²) in [6, 6.07) is 3.66. The van der Waals surface area contributed by atoms with Crippen LogP contribution in [0, 0.1) is 0 Å². The molecular weight excluding hydrogens is 420 g/mol. The molecule has 2 aliphatic rings. The second-order valence-corrected chi connectivity index (χ2v) is 11.5. The van der Waals surface area contributed by atoms with E-state index < -0.39 is 31.0 Å². The first-order valence-electron chi connectivity index (χ1n) is 9.46. The smallest absolute Gasteiger partial charge is 0.183 e. The fraction of sp³-hybridized carbons (Fsp3) is 0.667. The van der Waals surface area contributed by atoms with Crippen molar-refractivity contribution in [2.75, 3.05) is 65.1 Å². The number of sulfone groups is 2. The Balaban J connectivity index is 1.76. The number of nitrogens with one attached hydrogen (secondary N) is 1. The molecule has 2 atom stereocenters. The molecule has 0 unspecified atom stereocenters. The van der Waals surface area contributed by atoms with E-state index in [2.05, 4.69) is 10.2 Å². The van der Waals surface area contributed by atoms with Crippen molar-refractivity contribution in [1.82, 2.24) is 10.2 Å². The van der Waals surface area contributed by atoms with Crippen LogP contribution in [0.4, 0.5) is 0 Å². The van der Waals surface area contributed by atoms with Crippen LogP contribution in [0.25, 0.3) is 0 Å². The van der Waals surface area contributed by atoms with Gasteiger partial charge in [-0.1, -0.05) is 0 Å². The van der Waals surface area contributed by atoms with Gasteiger partial charge >= 0.3 is 0 Å². The van der Waals surface area contributed by atoms with Gasteiger partial charge in [-0.15, -0.1) is 0 Å². The van der Waals surface area contributed by atoms with Crippen LogP contribution >= 0.6 is 0 Å². The minimum Gasteiger partial charge on any atom is -0.493 e. The summed E-state index contributed by atoms with van der Waals surface area (Å²) >= 11 is 0. The van der Waals surface area contributed by atoms with Gasteiger partial charge in [0.2, 0.25) is 0 Å². The fourth-order valence-electron chi connectivity index (χ4n) is 3.71. The van der Waals surface area contributed by atoms with Crippen LogP contribution < -0.4 is 14.8 Å². The predicted molar refractivity (Wildman–Crippen MR) is 108 cm³/mol. The monoisotopic (exact) mass is 448 g/mol. The number of morpholine rings is 1. The van der Waals surface area contributed by atoms with E-state index in [0.717, 1.165) is 13.1 Å². The third-order valence-corrected chi connectivity index (χ3v) is 9.47. The molecule has 1 aromatic carbocycles. The number of hydrogen-bond acceptors (Lipinski definition) is 9. The molecule has 1 aromatic rings. The van der Waals surface area contributed by atoms with Gasteiger partial charge < -0.3 is 19.5 Å². The van der Waals surface area contributed by atoms with Gasteiger partial charge in [0.1, 0.15) is 0 Å². The van der Waals surface area contributed by atoms with Crippen molar-refractivity contribution < 1.29 is 31.0 Å². The van der Waals surface area contributed by atoms with Gasteiger partial charge in [-0.3, -0.25) is 4.90 Å². The summed E-state index contributed by atoms with van der Waals surface area (Å²) in [7, 11) is -4.45. The van der Waals surface area contributed by atoms with Crippen LogP contribution in [0.5, 0.6) is 11.5 Å². The highest BCUT2D eigenvalue weighted by atomic mass is 32.2. The van der Waals surface area contributed by atoms with E-state index in [1.807, 2.05) is 0 Å². The molecule has 2 saturated heterocycles. The normalized spacial score (nSPS) is 25.0. The van der Waals surface area contributed by atoms with E-state index in [1.54, 1.807) is 0 Å². The molecule has 0 amide bonds. The summed E-state index contributed by atoms with van der Waals surface area (Å²) < 4.78 is 66.6. The number of ether oxygens (including phenoxy) is 3. The molecule has 0 saturated carbocycles. The Morgan fingerprint density at radius 2 is 1.83 bits per heavy atom. The van der Waals surface area contributed by atoms with Gasteiger partial charge in [0, 0.05) is 38.3 Å². The van der Waals surface area contributed by atoms with Crippen LogP contribution in [0.2, 0.25) is 0 Å². The lowest BCUT2D eigenvalue weighted by atomic mass is 10.2. The van der Waals surface area contributed by atoms with Gasteiger partial charge in [0.25, 0.3) is 0 Å². The minimum absolute atomic E-state index is 0.0252. The molecule has 11 heteroatoms. The maximum atomic E-state index is 13.2. The zero-order chi connectivity index (χ0) is 21.1. The van der Waals surface area contributed by atoms with Crippen molar-refractivity contribution in [3.8, 4) is 11.5 Å². The standard InChI is InChI=1S/C18H28N2O7S2/c1-25-16-4-3-14(11-17(16)26-2)29(23,24)18-13-28(21,22)12-15(18)19-5-6-20-7-9-27-10-8-20/h3-4,11,15,18-19H,5-10,12-13H2,1-2H3/t15-,18-/m0/s1. The lowest BCUT2D eigenvalue weighted by Gasteiger charge is -2.27. The first kappa shape index (κ1) is 22.3. The first-order chi connectivity index (χ1) is 13.8. The van der Waals surface area contributed by atoms with E-state index in [0.29, 0.717) is 32.1 Å². The van der Waals surface area contributed by atoms with Gasteiger partial charge in [0.05, 0.1) is 49.1 Å². The number of benzene rings is 1. The summed E-state index contributed by atoms with van der Waals surface area (Å²) in [4.78, 5) is 2.23. The molecule has 164 valence electrons. The molecule has 9 nitrogen and oxygen atoms in total. The van der Waals surface area contributed by atoms with Crippen molar-refractivity contribution in [1.29, 1.82) is 0 Å². The maximum absolute atomic E-state index is 13.2. The summed E-state index contributed by atoms with van der Waals surface area (Å²) in [6.45, 7) is 4.21. The van der Waals surface area contributed by atoms with E-state index in [-0.39, 0.29) is 22.2 Å². The Kier molecular flexibility index (Phi) is 7.05. The highest BCUT2D eigenvalue weighted by Gasteiger charge is 2.45. The van der Waals surface area contributed by atoms with E-state index in [1.165, 1.54) is 32.4 Å². The zero-order valence-electron chi connectivity index (χ0n) is 16.7. The SMILES string of the molecule is COc1ccc(S(=O)(=O)[C@H]2CS(=O)(=O)C[C@@H]2NCCN2CCOCC2)cc1OC. The lowest BCUT2D eigenvalue weighted by Crippen LogP contribution is -2.47. The third kappa shape index (κ3) is 5.21. The van der Waals surface area contributed by atoms with Crippen molar-refractivity contribution in [3.05, 3.63) is 18.2 Å². The summed E-state index contributed by atoms with van der Waals surface area (Å²) in [5, 5.41) is 2.12. The molecule has 0 aromatic heterocycles. The molecule has 0 spiro atoms. The second kappa shape index (κ2) is 9.17. The topological polar surface area (TPSA) is 111 Å². The van der Waals surface area contributed by atoms with Crippen molar-refractivity contribution in [2.24, 2.45) is 0 Å². The summed E-state index contributed by atoms with van der Waals surface area (Å²) in [5.41, 5.74) is 0.